The number of aliphatic hydroxyl groups is 1. The van der Waals surface area contributed by atoms with E-state index < -0.39 is 0 Å². The van der Waals surface area contributed by atoms with E-state index in [1.165, 1.54) is 19.3 Å². The second-order valence-corrected chi connectivity index (χ2v) is 5.39. The molecule has 0 heterocycles. The lowest BCUT2D eigenvalue weighted by molar-refractivity contribution is 0.283. The van der Waals surface area contributed by atoms with Gasteiger partial charge >= 0.3 is 0 Å². The van der Waals surface area contributed by atoms with Gasteiger partial charge in [0.05, 0.1) is 18.0 Å². The molecule has 0 unspecified atom stereocenters. The van der Waals surface area contributed by atoms with Gasteiger partial charge in [0.1, 0.15) is 5.75 Å². The molecule has 1 saturated carbocycles. The molecular weight excluding hydrogens is 252 g/mol. The van der Waals surface area contributed by atoms with Crippen LogP contribution >= 0.6 is 0 Å². The molecule has 0 bridgehead atoms. The zero-order chi connectivity index (χ0) is 14.4. The number of aliphatic hydroxyl groups excluding tert-OH is 1. The number of para-hydroxylation sites is 1. The van der Waals surface area contributed by atoms with E-state index in [9.17, 15) is 0 Å². The Morgan fingerprint density at radius 2 is 2.20 bits per heavy atom. The summed E-state index contributed by atoms with van der Waals surface area (Å²) in [5.74, 6) is 0.776. The van der Waals surface area contributed by atoms with Crippen LogP contribution in [0.4, 0.5) is 11.4 Å². The maximum atomic E-state index is 9.09. The fraction of sp³-hybridized carbons (Fsp3) is 0.625. The highest BCUT2D eigenvalue weighted by Crippen LogP contribution is 2.37. The van der Waals surface area contributed by atoms with Gasteiger partial charge in [0, 0.05) is 19.2 Å². The van der Waals surface area contributed by atoms with Gasteiger partial charge in [-0.25, -0.2) is 0 Å². The summed E-state index contributed by atoms with van der Waals surface area (Å²) in [5.41, 5.74) is 8.06. The number of nitrogens with two attached hydrogens (primary N) is 1. The average molecular weight is 278 g/mol. The Balaban J connectivity index is 2.18. The fourth-order valence-electron chi connectivity index (χ4n) is 2.56. The molecule has 20 heavy (non-hydrogen) atoms. The monoisotopic (exact) mass is 278 g/mol. The molecule has 1 aliphatic carbocycles. The predicted molar refractivity (Wildman–Crippen MR) is 83.3 cm³/mol. The number of hydrogen-bond donors (Lipinski definition) is 2. The Labute approximate surface area is 121 Å². The Morgan fingerprint density at radius 1 is 1.40 bits per heavy atom. The summed E-state index contributed by atoms with van der Waals surface area (Å²) < 4.78 is 5.71. The molecule has 0 radical (unpaired) electrons. The van der Waals surface area contributed by atoms with Crippen LogP contribution in [-0.2, 0) is 0 Å². The van der Waals surface area contributed by atoms with E-state index in [1.54, 1.807) is 0 Å². The van der Waals surface area contributed by atoms with Gasteiger partial charge in [-0.3, -0.25) is 0 Å². The highest BCUT2D eigenvalue weighted by Gasteiger charge is 2.26. The van der Waals surface area contributed by atoms with Crippen molar-refractivity contribution in [3.8, 4) is 5.75 Å². The van der Waals surface area contributed by atoms with Crippen molar-refractivity contribution in [2.75, 3.05) is 30.4 Å². The summed E-state index contributed by atoms with van der Waals surface area (Å²) in [6.45, 7) is 3.84. The summed E-state index contributed by atoms with van der Waals surface area (Å²) >= 11 is 0. The summed E-state index contributed by atoms with van der Waals surface area (Å²) in [4.78, 5) is 2.34. The van der Waals surface area contributed by atoms with Gasteiger partial charge in [0.15, 0.2) is 0 Å². The molecule has 2 rings (SSSR count). The van der Waals surface area contributed by atoms with Gasteiger partial charge in [-0.15, -0.1) is 0 Å². The molecule has 0 atom stereocenters. The first-order valence-electron chi connectivity index (χ1n) is 7.66. The Morgan fingerprint density at radius 3 is 2.80 bits per heavy atom. The summed E-state index contributed by atoms with van der Waals surface area (Å²) in [7, 11) is 0. The van der Waals surface area contributed by atoms with Crippen molar-refractivity contribution < 1.29 is 9.84 Å². The number of anilines is 2. The molecule has 0 amide bonds. The van der Waals surface area contributed by atoms with Crippen molar-refractivity contribution in [3.63, 3.8) is 0 Å². The first-order valence-corrected chi connectivity index (χ1v) is 7.66. The SMILES string of the molecule is CCCOc1cccc(N(CCCO)C2CCC2)c1N. The molecule has 0 aromatic heterocycles. The molecule has 1 aromatic rings. The van der Waals surface area contributed by atoms with Crippen LogP contribution in [0.5, 0.6) is 5.75 Å². The van der Waals surface area contributed by atoms with Gasteiger partial charge in [0.25, 0.3) is 0 Å². The number of rotatable bonds is 8. The Kier molecular flexibility index (Phi) is 5.53. The van der Waals surface area contributed by atoms with Crippen LogP contribution < -0.4 is 15.4 Å². The van der Waals surface area contributed by atoms with Crippen LogP contribution in [0.2, 0.25) is 0 Å². The van der Waals surface area contributed by atoms with Gasteiger partial charge in [-0.1, -0.05) is 13.0 Å². The molecule has 0 saturated heterocycles. The molecular formula is C16H26N2O2. The number of nitrogen functional groups attached to an aromatic ring is 1. The minimum absolute atomic E-state index is 0.217. The first kappa shape index (κ1) is 15.0. The van der Waals surface area contributed by atoms with Gasteiger partial charge in [0.2, 0.25) is 0 Å². The lowest BCUT2D eigenvalue weighted by Gasteiger charge is -2.40. The molecule has 1 fully saturated rings. The second-order valence-electron chi connectivity index (χ2n) is 5.39. The molecule has 0 spiro atoms. The maximum absolute atomic E-state index is 9.09. The van der Waals surface area contributed by atoms with E-state index in [-0.39, 0.29) is 6.61 Å². The van der Waals surface area contributed by atoms with Crippen LogP contribution in [-0.4, -0.2) is 30.9 Å². The van der Waals surface area contributed by atoms with Crippen molar-refractivity contribution >= 4 is 11.4 Å². The Hall–Kier alpha value is -1.42. The lowest BCUT2D eigenvalue weighted by Crippen LogP contribution is -2.41. The highest BCUT2D eigenvalue weighted by atomic mass is 16.5. The molecule has 0 aliphatic heterocycles. The second kappa shape index (κ2) is 7.39. The van der Waals surface area contributed by atoms with Crippen molar-refractivity contribution in [2.45, 2.75) is 45.1 Å². The Bertz CT molecular complexity index is 419. The molecule has 1 aliphatic rings. The van der Waals surface area contributed by atoms with Crippen molar-refractivity contribution in [3.05, 3.63) is 18.2 Å². The van der Waals surface area contributed by atoms with E-state index in [0.717, 1.165) is 36.5 Å². The van der Waals surface area contributed by atoms with E-state index in [2.05, 4.69) is 17.9 Å². The van der Waals surface area contributed by atoms with E-state index in [1.807, 2.05) is 12.1 Å². The first-order chi connectivity index (χ1) is 9.77. The minimum Gasteiger partial charge on any atom is -0.491 e. The third kappa shape index (κ3) is 3.37. The smallest absolute Gasteiger partial charge is 0.144 e. The molecule has 4 heteroatoms. The third-order valence-electron chi connectivity index (χ3n) is 3.89. The van der Waals surface area contributed by atoms with E-state index in [0.29, 0.717) is 12.6 Å². The number of hydrogen-bond acceptors (Lipinski definition) is 4. The van der Waals surface area contributed by atoms with Gasteiger partial charge in [-0.05, 0) is 44.2 Å². The summed E-state index contributed by atoms with van der Waals surface area (Å²) in [5, 5.41) is 9.09. The highest BCUT2D eigenvalue weighted by molar-refractivity contribution is 5.74. The van der Waals surface area contributed by atoms with Crippen LogP contribution in [0.15, 0.2) is 18.2 Å². The number of nitrogens with zero attached hydrogens (tertiary/aromatic N) is 1. The van der Waals surface area contributed by atoms with Gasteiger partial charge < -0.3 is 20.5 Å². The van der Waals surface area contributed by atoms with Crippen molar-refractivity contribution in [1.29, 1.82) is 0 Å². The maximum Gasteiger partial charge on any atom is 0.144 e. The van der Waals surface area contributed by atoms with E-state index >= 15 is 0 Å². The van der Waals surface area contributed by atoms with Crippen molar-refractivity contribution in [2.24, 2.45) is 0 Å². The van der Waals surface area contributed by atoms with Crippen LogP contribution in [0, 0.1) is 0 Å². The van der Waals surface area contributed by atoms with Gasteiger partial charge in [-0.2, -0.15) is 0 Å². The topological polar surface area (TPSA) is 58.7 Å². The number of ether oxygens (including phenoxy) is 1. The fourth-order valence-corrected chi connectivity index (χ4v) is 2.56. The number of benzene rings is 1. The third-order valence-corrected chi connectivity index (χ3v) is 3.89. The zero-order valence-electron chi connectivity index (χ0n) is 12.3. The van der Waals surface area contributed by atoms with Crippen molar-refractivity contribution in [1.82, 2.24) is 0 Å². The summed E-state index contributed by atoms with van der Waals surface area (Å²) in [6.07, 6.45) is 5.46. The average Bonchev–Trinajstić information content (AvgIpc) is 2.40. The standard InChI is InChI=1S/C16H26N2O2/c1-2-12-20-15-9-4-8-14(16(15)17)18(10-5-11-19)13-6-3-7-13/h4,8-9,13,19H,2-3,5-7,10-12,17H2,1H3. The largest absolute Gasteiger partial charge is 0.491 e. The van der Waals surface area contributed by atoms with Crippen LogP contribution in [0.3, 0.4) is 0 Å². The molecule has 4 nitrogen and oxygen atoms in total. The van der Waals surface area contributed by atoms with Crippen LogP contribution in [0.25, 0.3) is 0 Å². The molecule has 3 N–H and O–H groups in total. The molecule has 112 valence electrons. The normalized spacial score (nSPS) is 14.9. The van der Waals surface area contributed by atoms with Crippen LogP contribution in [0.1, 0.15) is 39.0 Å². The van der Waals surface area contributed by atoms with E-state index in [4.69, 9.17) is 15.6 Å². The lowest BCUT2D eigenvalue weighted by atomic mass is 9.90. The summed E-state index contributed by atoms with van der Waals surface area (Å²) in [6, 6.07) is 6.55. The zero-order valence-corrected chi connectivity index (χ0v) is 12.3. The predicted octanol–water partition coefficient (Wildman–Crippen LogP) is 2.80. The molecule has 1 aromatic carbocycles. The quantitative estimate of drug-likeness (QED) is 0.718. The minimum atomic E-state index is 0.217.